The normalized spacial score (nSPS) is 12.2. The quantitative estimate of drug-likeness (QED) is 0.598. The minimum Gasteiger partial charge on any atom is -0.480 e. The molecular weight excluding hydrogens is 246 g/mol. The van der Waals surface area contributed by atoms with E-state index in [1.807, 2.05) is 30.3 Å². The molecule has 0 bridgehead atoms. The molecule has 0 radical (unpaired) electrons. The van der Waals surface area contributed by atoms with Gasteiger partial charge in [-0.25, -0.2) is 5.43 Å². The largest absolute Gasteiger partial charge is 0.480 e. The molecule has 6 heteroatoms. The number of hydrazine groups is 1. The number of benzene rings is 1. The predicted octanol–water partition coefficient (Wildman–Crippen LogP) is -0.135. The average molecular weight is 265 g/mol. The van der Waals surface area contributed by atoms with Crippen molar-refractivity contribution < 1.29 is 14.7 Å². The van der Waals surface area contributed by atoms with Crippen LogP contribution in [0, 0.1) is 0 Å². The minimum atomic E-state index is -1.01. The van der Waals surface area contributed by atoms with Crippen molar-refractivity contribution in [1.82, 2.24) is 15.8 Å². The Hall–Kier alpha value is -1.92. The molecule has 1 aromatic rings. The molecule has 6 nitrogen and oxygen atoms in total. The van der Waals surface area contributed by atoms with Crippen molar-refractivity contribution >= 4 is 11.9 Å². The Labute approximate surface area is 112 Å². The first-order valence-corrected chi connectivity index (χ1v) is 5.95. The summed E-state index contributed by atoms with van der Waals surface area (Å²) in [6, 6.07) is 8.40. The van der Waals surface area contributed by atoms with Crippen LogP contribution in [0.5, 0.6) is 0 Å². The summed E-state index contributed by atoms with van der Waals surface area (Å²) in [6.07, 6.45) is 0.304. The van der Waals surface area contributed by atoms with Crippen LogP contribution in [0.1, 0.15) is 5.56 Å². The van der Waals surface area contributed by atoms with Gasteiger partial charge < -0.3 is 10.0 Å². The van der Waals surface area contributed by atoms with Crippen LogP contribution in [0.25, 0.3) is 0 Å². The molecule has 0 fully saturated rings. The van der Waals surface area contributed by atoms with Crippen LogP contribution >= 0.6 is 0 Å². The van der Waals surface area contributed by atoms with Gasteiger partial charge in [0.1, 0.15) is 6.04 Å². The molecule has 0 saturated heterocycles. The van der Waals surface area contributed by atoms with Crippen molar-refractivity contribution in [3.05, 3.63) is 35.9 Å². The number of amides is 1. The van der Waals surface area contributed by atoms with Crippen LogP contribution < -0.4 is 10.9 Å². The minimum absolute atomic E-state index is 0.199. The molecule has 0 aliphatic carbocycles. The number of carboxylic acid groups (broad SMARTS) is 1. The number of carboxylic acids is 1. The molecule has 0 spiro atoms. The lowest BCUT2D eigenvalue weighted by atomic mass is 10.1. The zero-order valence-corrected chi connectivity index (χ0v) is 11.1. The number of nitrogens with one attached hydrogen (secondary N) is 2. The van der Waals surface area contributed by atoms with Crippen molar-refractivity contribution in [2.75, 3.05) is 20.6 Å². The second-order valence-electron chi connectivity index (χ2n) is 4.51. The number of likely N-dealkylation sites (N-methyl/N-ethyl adjacent to an activating group) is 1. The molecule has 104 valence electrons. The summed E-state index contributed by atoms with van der Waals surface area (Å²) in [5, 5.41) is 9.11. The van der Waals surface area contributed by atoms with E-state index in [2.05, 4.69) is 10.9 Å². The molecule has 0 unspecified atom stereocenters. The molecule has 1 rings (SSSR count). The highest BCUT2D eigenvalue weighted by Gasteiger charge is 2.18. The number of rotatable bonds is 7. The van der Waals surface area contributed by atoms with E-state index in [0.29, 0.717) is 6.42 Å². The Morgan fingerprint density at radius 3 is 2.42 bits per heavy atom. The number of carbonyl (C=O) groups is 2. The zero-order valence-electron chi connectivity index (χ0n) is 11.1. The van der Waals surface area contributed by atoms with Crippen LogP contribution in [0.4, 0.5) is 0 Å². The highest BCUT2D eigenvalue weighted by molar-refractivity contribution is 5.79. The van der Waals surface area contributed by atoms with E-state index in [4.69, 9.17) is 5.11 Å². The van der Waals surface area contributed by atoms with Gasteiger partial charge >= 0.3 is 5.97 Å². The Kier molecular flexibility index (Phi) is 5.98. The second-order valence-corrected chi connectivity index (χ2v) is 4.51. The highest BCUT2D eigenvalue weighted by Crippen LogP contribution is 2.02. The van der Waals surface area contributed by atoms with Crippen molar-refractivity contribution in [2.45, 2.75) is 12.5 Å². The zero-order chi connectivity index (χ0) is 14.3. The predicted molar refractivity (Wildman–Crippen MR) is 71.4 cm³/mol. The maximum Gasteiger partial charge on any atom is 0.322 e. The maximum atomic E-state index is 11.4. The summed E-state index contributed by atoms with van der Waals surface area (Å²) in [6.45, 7) is 0.199. The van der Waals surface area contributed by atoms with E-state index < -0.39 is 12.0 Å². The van der Waals surface area contributed by atoms with Gasteiger partial charge in [-0.05, 0) is 19.7 Å². The van der Waals surface area contributed by atoms with Gasteiger partial charge in [-0.1, -0.05) is 30.3 Å². The monoisotopic (exact) mass is 265 g/mol. The Morgan fingerprint density at radius 1 is 1.26 bits per heavy atom. The van der Waals surface area contributed by atoms with Gasteiger partial charge in [0.05, 0.1) is 6.54 Å². The number of hydrogen-bond acceptors (Lipinski definition) is 4. The fraction of sp³-hybridized carbons (Fsp3) is 0.385. The third kappa shape index (κ3) is 5.98. The van der Waals surface area contributed by atoms with Gasteiger partial charge in [0.2, 0.25) is 5.91 Å². The van der Waals surface area contributed by atoms with Gasteiger partial charge in [0.25, 0.3) is 0 Å². The molecule has 3 N–H and O–H groups in total. The van der Waals surface area contributed by atoms with E-state index >= 15 is 0 Å². The Bertz CT molecular complexity index is 420. The van der Waals surface area contributed by atoms with E-state index in [9.17, 15) is 9.59 Å². The topological polar surface area (TPSA) is 81.7 Å². The third-order valence-corrected chi connectivity index (χ3v) is 2.43. The van der Waals surface area contributed by atoms with Gasteiger partial charge in [0, 0.05) is 6.42 Å². The molecule has 19 heavy (non-hydrogen) atoms. The molecule has 1 amide bonds. The summed E-state index contributed by atoms with van der Waals surface area (Å²) in [5.41, 5.74) is 5.84. The molecule has 0 aliphatic heterocycles. The molecule has 1 atom stereocenters. The van der Waals surface area contributed by atoms with E-state index in [-0.39, 0.29) is 12.5 Å². The van der Waals surface area contributed by atoms with Gasteiger partial charge in [0.15, 0.2) is 0 Å². The number of hydrogen-bond donors (Lipinski definition) is 3. The first-order chi connectivity index (χ1) is 8.99. The van der Waals surface area contributed by atoms with Gasteiger partial charge in [-0.3, -0.25) is 15.0 Å². The molecule has 0 aromatic heterocycles. The Morgan fingerprint density at radius 2 is 1.89 bits per heavy atom. The molecule has 0 heterocycles. The van der Waals surface area contributed by atoms with Gasteiger partial charge in [-0.15, -0.1) is 0 Å². The molecule has 1 aromatic carbocycles. The van der Waals surface area contributed by atoms with Crippen molar-refractivity contribution in [3.8, 4) is 0 Å². The third-order valence-electron chi connectivity index (χ3n) is 2.43. The number of nitrogens with zero attached hydrogens (tertiary/aromatic N) is 1. The first kappa shape index (κ1) is 15.1. The summed E-state index contributed by atoms with van der Waals surface area (Å²) >= 11 is 0. The number of carbonyl (C=O) groups excluding carboxylic acids is 1. The average Bonchev–Trinajstić information content (AvgIpc) is 2.34. The maximum absolute atomic E-state index is 11.4. The van der Waals surface area contributed by atoms with Crippen molar-refractivity contribution in [3.63, 3.8) is 0 Å². The summed E-state index contributed by atoms with van der Waals surface area (Å²) < 4.78 is 0. The lowest BCUT2D eigenvalue weighted by Crippen LogP contribution is -2.51. The lowest BCUT2D eigenvalue weighted by molar-refractivity contribution is -0.140. The highest BCUT2D eigenvalue weighted by atomic mass is 16.4. The summed E-state index contributed by atoms with van der Waals surface area (Å²) in [5.74, 6) is -1.28. The molecular formula is C13H19N3O3. The van der Waals surface area contributed by atoms with Crippen molar-refractivity contribution in [1.29, 1.82) is 0 Å². The molecule has 0 aliphatic rings. The van der Waals surface area contributed by atoms with E-state index in [1.165, 1.54) is 0 Å². The lowest BCUT2D eigenvalue weighted by Gasteiger charge is -2.16. The fourth-order valence-corrected chi connectivity index (χ4v) is 1.54. The summed E-state index contributed by atoms with van der Waals surface area (Å²) in [7, 11) is 3.52. The Balaban J connectivity index is 2.50. The fourth-order valence-electron chi connectivity index (χ4n) is 1.54. The van der Waals surface area contributed by atoms with E-state index in [1.54, 1.807) is 19.0 Å². The number of aliphatic carboxylic acids is 1. The molecule has 0 saturated carbocycles. The van der Waals surface area contributed by atoms with Crippen LogP contribution in [-0.4, -0.2) is 48.6 Å². The first-order valence-electron chi connectivity index (χ1n) is 5.95. The van der Waals surface area contributed by atoms with Crippen LogP contribution in [0.3, 0.4) is 0 Å². The van der Waals surface area contributed by atoms with Crippen LogP contribution in [0.2, 0.25) is 0 Å². The van der Waals surface area contributed by atoms with Gasteiger partial charge in [-0.2, -0.15) is 0 Å². The van der Waals surface area contributed by atoms with Crippen LogP contribution in [0.15, 0.2) is 30.3 Å². The second kappa shape index (κ2) is 7.50. The summed E-state index contributed by atoms with van der Waals surface area (Å²) in [4.78, 5) is 24.2. The van der Waals surface area contributed by atoms with Crippen molar-refractivity contribution in [2.24, 2.45) is 0 Å². The van der Waals surface area contributed by atoms with Crippen LogP contribution in [-0.2, 0) is 16.0 Å². The standard InChI is InChI=1S/C13H19N3O3/c1-16(2)9-12(17)15-14-11(13(18)19)8-10-6-4-3-5-7-10/h3-7,11,14H,8-9H2,1-2H3,(H,15,17)(H,18,19)/t11-/m0/s1. The SMILES string of the molecule is CN(C)CC(=O)NN[C@@H](Cc1ccccc1)C(=O)O. The van der Waals surface area contributed by atoms with E-state index in [0.717, 1.165) is 5.56 Å². The smallest absolute Gasteiger partial charge is 0.322 e.